The average molecular weight is 274 g/mol. The Morgan fingerprint density at radius 1 is 1.35 bits per heavy atom. The van der Waals surface area contributed by atoms with Crippen molar-refractivity contribution in [1.29, 1.82) is 0 Å². The summed E-state index contributed by atoms with van der Waals surface area (Å²) < 4.78 is 5.38. The Balaban J connectivity index is 1.64. The summed E-state index contributed by atoms with van der Waals surface area (Å²) in [5.41, 5.74) is 7.74. The number of nitrogens with two attached hydrogens (primary N) is 1. The van der Waals surface area contributed by atoms with E-state index in [1.807, 2.05) is 0 Å². The molecule has 4 nitrogen and oxygen atoms in total. The lowest BCUT2D eigenvalue weighted by Gasteiger charge is -2.13. The minimum absolute atomic E-state index is 0.0303. The molecule has 2 rings (SSSR count). The number of hydrogen-bond donors (Lipinski definition) is 2. The molecule has 1 aromatic rings. The summed E-state index contributed by atoms with van der Waals surface area (Å²) in [5, 5.41) is 2.88. The second-order valence-electron chi connectivity index (χ2n) is 5.07. The standard InChI is InChI=1S/C16H22N2O2/c17-14-7-4-8-15(11-14)20-12-16(19)18-10-9-13-5-2-1-3-6-13/h4-5,7-8,11H,1-3,6,9-10,12,17H2,(H,18,19). The zero-order valence-corrected chi connectivity index (χ0v) is 11.7. The maximum absolute atomic E-state index is 11.7. The molecule has 0 atom stereocenters. The molecule has 0 unspecified atom stereocenters. The van der Waals surface area contributed by atoms with E-state index in [1.165, 1.54) is 31.3 Å². The summed E-state index contributed by atoms with van der Waals surface area (Å²) in [6.07, 6.45) is 8.18. The molecular formula is C16H22N2O2. The van der Waals surface area contributed by atoms with E-state index in [-0.39, 0.29) is 12.5 Å². The summed E-state index contributed by atoms with van der Waals surface area (Å²) in [4.78, 5) is 11.7. The third kappa shape index (κ3) is 4.96. The van der Waals surface area contributed by atoms with Crippen molar-refractivity contribution in [2.75, 3.05) is 18.9 Å². The molecule has 1 aliphatic rings. The summed E-state index contributed by atoms with van der Waals surface area (Å²) in [6, 6.07) is 7.08. The van der Waals surface area contributed by atoms with Gasteiger partial charge in [0.05, 0.1) is 0 Å². The van der Waals surface area contributed by atoms with Crippen LogP contribution in [0.5, 0.6) is 5.75 Å². The van der Waals surface area contributed by atoms with E-state index in [4.69, 9.17) is 10.5 Å². The van der Waals surface area contributed by atoms with Crippen LogP contribution in [-0.2, 0) is 4.79 Å². The molecular weight excluding hydrogens is 252 g/mol. The van der Waals surface area contributed by atoms with Gasteiger partial charge < -0.3 is 15.8 Å². The van der Waals surface area contributed by atoms with Gasteiger partial charge in [0.15, 0.2) is 6.61 Å². The lowest BCUT2D eigenvalue weighted by molar-refractivity contribution is -0.123. The number of allylic oxidation sites excluding steroid dienone is 1. The number of amides is 1. The Morgan fingerprint density at radius 2 is 2.25 bits per heavy atom. The molecule has 0 saturated heterocycles. The minimum atomic E-state index is -0.0937. The predicted molar refractivity (Wildman–Crippen MR) is 80.5 cm³/mol. The van der Waals surface area contributed by atoms with Crippen molar-refractivity contribution in [3.63, 3.8) is 0 Å². The second kappa shape index (κ2) is 7.58. The number of carbonyl (C=O) groups is 1. The summed E-state index contributed by atoms with van der Waals surface area (Å²) >= 11 is 0. The molecule has 0 aliphatic heterocycles. The molecule has 108 valence electrons. The second-order valence-corrected chi connectivity index (χ2v) is 5.07. The Bertz CT molecular complexity index is 483. The van der Waals surface area contributed by atoms with Gasteiger partial charge in [-0.2, -0.15) is 0 Å². The van der Waals surface area contributed by atoms with Crippen LogP contribution in [0.3, 0.4) is 0 Å². The zero-order valence-electron chi connectivity index (χ0n) is 11.7. The highest BCUT2D eigenvalue weighted by Crippen LogP contribution is 2.19. The topological polar surface area (TPSA) is 64.3 Å². The van der Waals surface area contributed by atoms with E-state index in [2.05, 4.69) is 11.4 Å². The van der Waals surface area contributed by atoms with Crippen LogP contribution in [-0.4, -0.2) is 19.1 Å². The summed E-state index contributed by atoms with van der Waals surface area (Å²) in [5.74, 6) is 0.527. The molecule has 0 radical (unpaired) electrons. The van der Waals surface area contributed by atoms with Crippen LogP contribution in [0.1, 0.15) is 32.1 Å². The Hall–Kier alpha value is -1.97. The third-order valence-electron chi connectivity index (χ3n) is 3.38. The Labute approximate surface area is 120 Å². The first-order chi connectivity index (χ1) is 9.74. The largest absolute Gasteiger partial charge is 0.484 e. The highest BCUT2D eigenvalue weighted by molar-refractivity contribution is 5.77. The lowest BCUT2D eigenvalue weighted by atomic mass is 9.97. The van der Waals surface area contributed by atoms with Gasteiger partial charge in [0.1, 0.15) is 5.75 Å². The smallest absolute Gasteiger partial charge is 0.257 e. The number of nitrogen functional groups attached to an aromatic ring is 1. The van der Waals surface area contributed by atoms with Crippen molar-refractivity contribution in [3.05, 3.63) is 35.9 Å². The first-order valence-corrected chi connectivity index (χ1v) is 7.17. The Kier molecular flexibility index (Phi) is 5.47. The number of nitrogens with one attached hydrogen (secondary N) is 1. The summed E-state index contributed by atoms with van der Waals surface area (Å²) in [7, 11) is 0. The van der Waals surface area contributed by atoms with Gasteiger partial charge in [-0.3, -0.25) is 4.79 Å². The molecule has 0 spiro atoms. The molecule has 0 saturated carbocycles. The normalized spacial score (nSPS) is 14.5. The fourth-order valence-corrected chi connectivity index (χ4v) is 2.30. The highest BCUT2D eigenvalue weighted by atomic mass is 16.5. The SMILES string of the molecule is Nc1cccc(OCC(=O)NCCC2=CCCCC2)c1. The molecule has 3 N–H and O–H groups in total. The quantitative estimate of drug-likeness (QED) is 0.619. The van der Waals surface area contributed by atoms with Gasteiger partial charge in [-0.1, -0.05) is 17.7 Å². The predicted octanol–water partition coefficient (Wildman–Crippen LogP) is 2.65. The van der Waals surface area contributed by atoms with Crippen molar-refractivity contribution in [2.24, 2.45) is 0 Å². The van der Waals surface area contributed by atoms with Crippen LogP contribution < -0.4 is 15.8 Å². The van der Waals surface area contributed by atoms with E-state index in [0.717, 1.165) is 6.42 Å². The fourth-order valence-electron chi connectivity index (χ4n) is 2.30. The van der Waals surface area contributed by atoms with Crippen molar-refractivity contribution in [2.45, 2.75) is 32.1 Å². The molecule has 0 aromatic heterocycles. The van der Waals surface area contributed by atoms with E-state index >= 15 is 0 Å². The average Bonchev–Trinajstić information content (AvgIpc) is 2.46. The van der Waals surface area contributed by atoms with Crippen molar-refractivity contribution in [1.82, 2.24) is 5.32 Å². The molecule has 1 amide bonds. The first-order valence-electron chi connectivity index (χ1n) is 7.17. The fraction of sp³-hybridized carbons (Fsp3) is 0.438. The van der Waals surface area contributed by atoms with Gasteiger partial charge in [0.25, 0.3) is 5.91 Å². The van der Waals surface area contributed by atoms with Crippen LogP contribution in [0, 0.1) is 0 Å². The van der Waals surface area contributed by atoms with Crippen LogP contribution in [0.2, 0.25) is 0 Å². The van der Waals surface area contributed by atoms with Gasteiger partial charge >= 0.3 is 0 Å². The van der Waals surface area contributed by atoms with Crippen LogP contribution in [0.15, 0.2) is 35.9 Å². The van der Waals surface area contributed by atoms with E-state index in [1.54, 1.807) is 24.3 Å². The van der Waals surface area contributed by atoms with Gasteiger partial charge in [-0.25, -0.2) is 0 Å². The summed E-state index contributed by atoms with van der Waals surface area (Å²) in [6.45, 7) is 0.716. The molecule has 0 bridgehead atoms. The number of anilines is 1. The van der Waals surface area contributed by atoms with E-state index < -0.39 is 0 Å². The van der Waals surface area contributed by atoms with Crippen LogP contribution in [0.25, 0.3) is 0 Å². The van der Waals surface area contributed by atoms with Crippen molar-refractivity contribution < 1.29 is 9.53 Å². The molecule has 0 heterocycles. The molecule has 20 heavy (non-hydrogen) atoms. The van der Waals surface area contributed by atoms with Crippen molar-refractivity contribution >= 4 is 11.6 Å². The third-order valence-corrected chi connectivity index (χ3v) is 3.38. The Morgan fingerprint density at radius 3 is 3.00 bits per heavy atom. The number of hydrogen-bond acceptors (Lipinski definition) is 3. The molecule has 1 aliphatic carbocycles. The lowest BCUT2D eigenvalue weighted by Crippen LogP contribution is -2.30. The first kappa shape index (κ1) is 14.4. The van der Waals surface area contributed by atoms with Crippen LogP contribution >= 0.6 is 0 Å². The zero-order chi connectivity index (χ0) is 14.2. The monoisotopic (exact) mass is 274 g/mol. The molecule has 0 fully saturated rings. The number of carbonyl (C=O) groups excluding carboxylic acids is 1. The number of benzene rings is 1. The van der Waals surface area contributed by atoms with Gasteiger partial charge in [-0.15, -0.1) is 0 Å². The van der Waals surface area contributed by atoms with Gasteiger partial charge in [-0.05, 0) is 44.2 Å². The molecule has 4 heteroatoms. The van der Waals surface area contributed by atoms with Gasteiger partial charge in [0.2, 0.25) is 0 Å². The highest BCUT2D eigenvalue weighted by Gasteiger charge is 2.06. The van der Waals surface area contributed by atoms with E-state index in [9.17, 15) is 4.79 Å². The number of rotatable bonds is 6. The maximum atomic E-state index is 11.7. The van der Waals surface area contributed by atoms with Gasteiger partial charge in [0, 0.05) is 18.3 Å². The molecule has 1 aromatic carbocycles. The van der Waals surface area contributed by atoms with E-state index in [0.29, 0.717) is 18.0 Å². The maximum Gasteiger partial charge on any atom is 0.257 e. The van der Waals surface area contributed by atoms with Crippen LogP contribution in [0.4, 0.5) is 5.69 Å². The van der Waals surface area contributed by atoms with Crippen molar-refractivity contribution in [3.8, 4) is 5.75 Å². The minimum Gasteiger partial charge on any atom is -0.484 e. The number of ether oxygens (including phenoxy) is 1.